The van der Waals surface area contributed by atoms with Gasteiger partial charge in [-0.2, -0.15) is 0 Å². The summed E-state index contributed by atoms with van der Waals surface area (Å²) in [5, 5.41) is 2.75. The molecule has 0 amide bonds. The standard InChI is InChI=1S/C13H15.C6H10.Zr/c1-13(2,3)12-9-8-10-6-4-5-7-11(10)12;1-5(2)6(3)4;/h4-9H,1-3H3;1,3H2,2,4H3;/q-1;;. The average molecular weight is 345 g/mol. The Labute approximate surface area is 143 Å². The van der Waals surface area contributed by atoms with Crippen molar-refractivity contribution in [1.29, 1.82) is 0 Å². The van der Waals surface area contributed by atoms with Crippen LogP contribution in [0, 0.1) is 0 Å². The molecule has 0 unspecified atom stereocenters. The van der Waals surface area contributed by atoms with E-state index in [1.54, 1.807) is 0 Å². The molecule has 106 valence electrons. The van der Waals surface area contributed by atoms with Crippen LogP contribution in [0.2, 0.25) is 0 Å². The summed E-state index contributed by atoms with van der Waals surface area (Å²) < 4.78 is 0. The fourth-order valence-corrected chi connectivity index (χ4v) is 1.80. The van der Waals surface area contributed by atoms with Gasteiger partial charge in [0.2, 0.25) is 0 Å². The van der Waals surface area contributed by atoms with Crippen LogP contribution in [0.3, 0.4) is 0 Å². The maximum atomic E-state index is 3.66. The Morgan fingerprint density at radius 3 is 1.95 bits per heavy atom. The van der Waals surface area contributed by atoms with Crippen LogP contribution in [0.5, 0.6) is 0 Å². The first kappa shape index (κ1) is 19.2. The molecule has 0 radical (unpaired) electrons. The topological polar surface area (TPSA) is 0 Å². The zero-order chi connectivity index (χ0) is 14.6. The molecule has 0 fully saturated rings. The zero-order valence-electron chi connectivity index (χ0n) is 13.4. The van der Waals surface area contributed by atoms with E-state index < -0.39 is 0 Å². The Morgan fingerprint density at radius 1 is 1.00 bits per heavy atom. The average Bonchev–Trinajstić information content (AvgIpc) is 2.72. The molecule has 20 heavy (non-hydrogen) atoms. The molecule has 0 atom stereocenters. The van der Waals surface area contributed by atoms with E-state index in [2.05, 4.69) is 70.3 Å². The number of allylic oxidation sites excluding steroid dienone is 2. The van der Waals surface area contributed by atoms with Crippen molar-refractivity contribution in [3.8, 4) is 0 Å². The molecule has 0 aliphatic carbocycles. The Kier molecular flexibility index (Phi) is 7.52. The van der Waals surface area contributed by atoms with E-state index in [4.69, 9.17) is 0 Å². The van der Waals surface area contributed by atoms with Crippen LogP contribution in [-0.4, -0.2) is 0 Å². The van der Waals surface area contributed by atoms with Crippen LogP contribution >= 0.6 is 0 Å². The summed E-state index contributed by atoms with van der Waals surface area (Å²) in [6.07, 6.45) is 0. The van der Waals surface area contributed by atoms with Gasteiger partial charge in [0.25, 0.3) is 0 Å². The molecule has 0 aliphatic rings. The molecule has 0 aliphatic heterocycles. The summed E-state index contributed by atoms with van der Waals surface area (Å²) in [5.74, 6) is 0. The first-order valence-corrected chi connectivity index (χ1v) is 6.70. The summed E-state index contributed by atoms with van der Waals surface area (Å²) in [5.41, 5.74) is 3.83. The molecule has 0 aromatic heterocycles. The molecule has 0 bridgehead atoms. The van der Waals surface area contributed by atoms with E-state index in [1.165, 1.54) is 16.3 Å². The smallest absolute Gasteiger partial charge is 0 e. The van der Waals surface area contributed by atoms with Crippen LogP contribution in [-0.2, 0) is 31.6 Å². The van der Waals surface area contributed by atoms with Crippen molar-refractivity contribution in [1.82, 2.24) is 0 Å². The second-order valence-electron chi connectivity index (χ2n) is 6.14. The van der Waals surface area contributed by atoms with Crippen LogP contribution in [0.4, 0.5) is 0 Å². The van der Waals surface area contributed by atoms with Crippen LogP contribution in [0.25, 0.3) is 10.8 Å². The molecule has 0 heterocycles. The predicted octanol–water partition coefficient (Wildman–Crippen LogP) is 5.99. The first-order valence-electron chi connectivity index (χ1n) is 6.70. The largest absolute Gasteiger partial charge is 0.150 e. The summed E-state index contributed by atoms with van der Waals surface area (Å²) in [6, 6.07) is 13.0. The third-order valence-corrected chi connectivity index (χ3v) is 3.22. The van der Waals surface area contributed by atoms with Crippen molar-refractivity contribution in [2.45, 2.75) is 40.0 Å². The third-order valence-electron chi connectivity index (χ3n) is 3.22. The molecule has 0 spiro atoms. The van der Waals surface area contributed by atoms with Crippen LogP contribution in [0.15, 0.2) is 60.7 Å². The second kappa shape index (κ2) is 7.84. The summed E-state index contributed by atoms with van der Waals surface area (Å²) in [6.45, 7) is 18.0. The molecule has 0 nitrogen and oxygen atoms in total. The normalized spacial score (nSPS) is 10.2. The van der Waals surface area contributed by atoms with Gasteiger partial charge in [0.05, 0.1) is 0 Å². The van der Waals surface area contributed by atoms with Gasteiger partial charge >= 0.3 is 0 Å². The maximum Gasteiger partial charge on any atom is 0 e. The Balaban J connectivity index is 0.000000448. The summed E-state index contributed by atoms with van der Waals surface area (Å²) >= 11 is 0. The van der Waals surface area contributed by atoms with Gasteiger partial charge in [0.15, 0.2) is 0 Å². The van der Waals surface area contributed by atoms with E-state index in [0.29, 0.717) is 0 Å². The summed E-state index contributed by atoms with van der Waals surface area (Å²) in [7, 11) is 0. The summed E-state index contributed by atoms with van der Waals surface area (Å²) in [4.78, 5) is 0. The van der Waals surface area contributed by atoms with E-state index >= 15 is 0 Å². The minimum absolute atomic E-state index is 0. The van der Waals surface area contributed by atoms with Crippen molar-refractivity contribution < 1.29 is 26.2 Å². The Bertz CT molecular complexity index is 567. The SMILES string of the molecule is C=C(C)C(=C)C.CC(C)(C)c1c[cH-]c2ccccc12.[Zr]. The van der Waals surface area contributed by atoms with E-state index in [1.807, 2.05) is 13.8 Å². The van der Waals surface area contributed by atoms with E-state index in [-0.39, 0.29) is 31.6 Å². The molecule has 2 rings (SSSR count). The van der Waals surface area contributed by atoms with Gasteiger partial charge in [-0.15, -0.1) is 46.7 Å². The van der Waals surface area contributed by atoms with Crippen LogP contribution in [0.1, 0.15) is 40.2 Å². The molecule has 0 saturated heterocycles. The zero-order valence-corrected chi connectivity index (χ0v) is 15.8. The van der Waals surface area contributed by atoms with Crippen molar-refractivity contribution in [3.63, 3.8) is 0 Å². The molecule has 2 aromatic rings. The van der Waals surface area contributed by atoms with Crippen molar-refractivity contribution in [2.75, 3.05) is 0 Å². The minimum atomic E-state index is 0. The fraction of sp³-hybridized carbons (Fsp3) is 0.316. The van der Waals surface area contributed by atoms with Gasteiger partial charge in [0, 0.05) is 26.2 Å². The number of hydrogen-bond donors (Lipinski definition) is 0. The van der Waals surface area contributed by atoms with Gasteiger partial charge in [-0.25, -0.2) is 0 Å². The van der Waals surface area contributed by atoms with Gasteiger partial charge < -0.3 is 0 Å². The second-order valence-corrected chi connectivity index (χ2v) is 6.14. The van der Waals surface area contributed by atoms with Crippen molar-refractivity contribution >= 4 is 10.8 Å². The number of benzene rings is 1. The molecular formula is C19H25Zr-. The molecule has 2 aromatic carbocycles. The third kappa shape index (κ3) is 5.29. The van der Waals surface area contributed by atoms with Gasteiger partial charge in [-0.1, -0.05) is 56.6 Å². The van der Waals surface area contributed by atoms with Gasteiger partial charge in [-0.05, 0) is 13.8 Å². The monoisotopic (exact) mass is 343 g/mol. The molecule has 0 saturated carbocycles. The van der Waals surface area contributed by atoms with E-state index in [9.17, 15) is 0 Å². The number of rotatable bonds is 1. The van der Waals surface area contributed by atoms with E-state index in [0.717, 1.165) is 11.1 Å². The molecule has 0 N–H and O–H groups in total. The Morgan fingerprint density at radius 2 is 1.50 bits per heavy atom. The van der Waals surface area contributed by atoms with Gasteiger partial charge in [0.1, 0.15) is 0 Å². The van der Waals surface area contributed by atoms with Gasteiger partial charge in [-0.3, -0.25) is 0 Å². The predicted molar refractivity (Wildman–Crippen MR) is 87.9 cm³/mol. The number of hydrogen-bond acceptors (Lipinski definition) is 0. The fourth-order valence-electron chi connectivity index (χ4n) is 1.80. The van der Waals surface area contributed by atoms with Crippen molar-refractivity contribution in [2.24, 2.45) is 0 Å². The Hall–Kier alpha value is -0.807. The maximum absolute atomic E-state index is 3.66. The van der Waals surface area contributed by atoms with Crippen LogP contribution < -0.4 is 0 Å². The quantitative estimate of drug-likeness (QED) is 0.440. The molecule has 1 heteroatoms. The molecular weight excluding hydrogens is 319 g/mol. The number of fused-ring (bicyclic) bond motifs is 1. The first-order chi connectivity index (χ1) is 8.73. The minimum Gasteiger partial charge on any atom is -0.150 e. The van der Waals surface area contributed by atoms with Crippen molar-refractivity contribution in [3.05, 3.63) is 66.3 Å².